The van der Waals surface area contributed by atoms with E-state index in [1.165, 1.54) is 4.57 Å². The third kappa shape index (κ3) is 3.20. The molecule has 7 nitrogen and oxygen atoms in total. The third-order valence-corrected chi connectivity index (χ3v) is 4.71. The van der Waals surface area contributed by atoms with Crippen LogP contribution in [0.25, 0.3) is 11.2 Å². The highest BCUT2D eigenvalue weighted by Crippen LogP contribution is 2.16. The number of H-pyrrole nitrogens is 2. The van der Waals surface area contributed by atoms with Crippen LogP contribution in [0.4, 0.5) is 0 Å². The SMILES string of the molecule is Cn1c(=S)[nH]c2nc(SCCN3CCOCC3)[nH]c2c1=O. The molecule has 1 fully saturated rings. The van der Waals surface area contributed by atoms with Gasteiger partial charge in [0.1, 0.15) is 5.52 Å². The van der Waals surface area contributed by atoms with Gasteiger partial charge in [-0.25, -0.2) is 4.98 Å². The largest absolute Gasteiger partial charge is 0.379 e. The molecule has 2 aromatic heterocycles. The van der Waals surface area contributed by atoms with E-state index in [1.54, 1.807) is 18.8 Å². The lowest BCUT2D eigenvalue weighted by atomic mass is 10.4. The second-order valence-electron chi connectivity index (χ2n) is 4.86. The van der Waals surface area contributed by atoms with Crippen molar-refractivity contribution in [2.24, 2.45) is 7.05 Å². The Bertz CT molecular complexity index is 744. The van der Waals surface area contributed by atoms with Gasteiger partial charge in [-0.2, -0.15) is 0 Å². The normalized spacial score (nSPS) is 16.6. The first kappa shape index (κ1) is 14.8. The number of hydrogen-bond donors (Lipinski definition) is 2. The van der Waals surface area contributed by atoms with Crippen molar-refractivity contribution in [1.82, 2.24) is 24.4 Å². The van der Waals surface area contributed by atoms with Crippen LogP contribution in [-0.2, 0) is 11.8 Å². The molecule has 3 heterocycles. The molecule has 3 rings (SSSR count). The van der Waals surface area contributed by atoms with Crippen LogP contribution in [-0.4, -0.2) is 63.0 Å². The molecule has 0 bridgehead atoms. The number of imidazole rings is 1. The van der Waals surface area contributed by atoms with E-state index < -0.39 is 0 Å². The van der Waals surface area contributed by atoms with Crippen LogP contribution in [0, 0.1) is 4.77 Å². The van der Waals surface area contributed by atoms with Crippen LogP contribution in [0.3, 0.4) is 0 Å². The summed E-state index contributed by atoms with van der Waals surface area (Å²) < 4.78 is 7.10. The Hall–Kier alpha value is -1.16. The van der Waals surface area contributed by atoms with Gasteiger partial charge in [-0.15, -0.1) is 0 Å². The second-order valence-corrected chi connectivity index (χ2v) is 6.33. The predicted octanol–water partition coefficient (Wildman–Crippen LogP) is 0.743. The van der Waals surface area contributed by atoms with Crippen LogP contribution in [0.2, 0.25) is 0 Å². The number of nitrogens with one attached hydrogen (secondary N) is 2. The van der Waals surface area contributed by atoms with Gasteiger partial charge in [0, 0.05) is 32.4 Å². The van der Waals surface area contributed by atoms with Crippen molar-refractivity contribution in [3.63, 3.8) is 0 Å². The molecular formula is C12H17N5O2S2. The highest BCUT2D eigenvalue weighted by Gasteiger charge is 2.12. The number of aromatic amines is 2. The minimum absolute atomic E-state index is 0.152. The number of ether oxygens (including phenoxy) is 1. The van der Waals surface area contributed by atoms with Gasteiger partial charge >= 0.3 is 0 Å². The number of nitrogens with zero attached hydrogens (tertiary/aromatic N) is 3. The summed E-state index contributed by atoms with van der Waals surface area (Å²) in [5.41, 5.74) is 0.846. The number of aromatic nitrogens is 4. The van der Waals surface area contributed by atoms with Gasteiger partial charge in [-0.3, -0.25) is 14.3 Å². The molecule has 21 heavy (non-hydrogen) atoms. The fraction of sp³-hybridized carbons (Fsp3) is 0.583. The summed E-state index contributed by atoms with van der Waals surface area (Å²) in [6.45, 7) is 4.56. The van der Waals surface area contributed by atoms with Crippen LogP contribution in [0.5, 0.6) is 0 Å². The molecule has 0 aromatic carbocycles. The summed E-state index contributed by atoms with van der Waals surface area (Å²) in [7, 11) is 1.65. The van der Waals surface area contributed by atoms with Crippen molar-refractivity contribution >= 4 is 35.1 Å². The summed E-state index contributed by atoms with van der Waals surface area (Å²) in [4.78, 5) is 24.8. The van der Waals surface area contributed by atoms with Gasteiger partial charge < -0.3 is 14.7 Å². The molecule has 0 amide bonds. The quantitative estimate of drug-likeness (QED) is 0.637. The van der Waals surface area contributed by atoms with Crippen LogP contribution in [0.15, 0.2) is 9.95 Å². The molecule has 1 aliphatic heterocycles. The fourth-order valence-corrected chi connectivity index (χ4v) is 3.26. The first-order valence-corrected chi connectivity index (χ1v) is 8.16. The number of hydrogen-bond acceptors (Lipinski definition) is 6. The maximum absolute atomic E-state index is 12.1. The zero-order valence-corrected chi connectivity index (χ0v) is 13.4. The fourth-order valence-electron chi connectivity index (χ4n) is 2.21. The van der Waals surface area contributed by atoms with Crippen LogP contribution in [0.1, 0.15) is 0 Å². The van der Waals surface area contributed by atoms with Crippen LogP contribution >= 0.6 is 24.0 Å². The van der Waals surface area contributed by atoms with Crippen molar-refractivity contribution in [2.75, 3.05) is 38.6 Å². The summed E-state index contributed by atoms with van der Waals surface area (Å²) in [5, 5.41) is 0.743. The molecule has 9 heteroatoms. The molecule has 0 unspecified atom stereocenters. The molecule has 0 saturated carbocycles. The maximum Gasteiger partial charge on any atom is 0.280 e. The number of thioether (sulfide) groups is 1. The highest BCUT2D eigenvalue weighted by atomic mass is 32.2. The topological polar surface area (TPSA) is 78.9 Å². The Morgan fingerprint density at radius 3 is 2.90 bits per heavy atom. The highest BCUT2D eigenvalue weighted by molar-refractivity contribution is 7.99. The molecule has 0 radical (unpaired) electrons. The van der Waals surface area contributed by atoms with E-state index in [1.807, 2.05) is 0 Å². The van der Waals surface area contributed by atoms with E-state index >= 15 is 0 Å². The van der Waals surface area contributed by atoms with Crippen LogP contribution < -0.4 is 5.56 Å². The Balaban J connectivity index is 1.69. The molecule has 2 aromatic rings. The average molecular weight is 327 g/mol. The predicted molar refractivity (Wildman–Crippen MR) is 84.5 cm³/mol. The van der Waals surface area contributed by atoms with Crippen molar-refractivity contribution in [3.8, 4) is 0 Å². The Kier molecular flexibility index (Phi) is 4.43. The van der Waals surface area contributed by atoms with Crippen molar-refractivity contribution < 1.29 is 4.74 Å². The smallest absolute Gasteiger partial charge is 0.280 e. The zero-order chi connectivity index (χ0) is 14.8. The minimum Gasteiger partial charge on any atom is -0.379 e. The van der Waals surface area contributed by atoms with E-state index in [2.05, 4.69) is 19.9 Å². The van der Waals surface area contributed by atoms with Crippen molar-refractivity contribution in [2.45, 2.75) is 5.16 Å². The Morgan fingerprint density at radius 2 is 2.14 bits per heavy atom. The van der Waals surface area contributed by atoms with Gasteiger partial charge in [0.2, 0.25) is 0 Å². The molecule has 0 spiro atoms. The number of rotatable bonds is 4. The molecular weight excluding hydrogens is 310 g/mol. The first-order chi connectivity index (χ1) is 10.1. The summed E-state index contributed by atoms with van der Waals surface area (Å²) in [5.74, 6) is 0.918. The number of fused-ring (bicyclic) bond motifs is 1. The minimum atomic E-state index is -0.152. The number of morpholine rings is 1. The molecule has 1 saturated heterocycles. The van der Waals surface area contributed by atoms with Gasteiger partial charge in [0.05, 0.1) is 13.2 Å². The molecule has 2 N–H and O–H groups in total. The van der Waals surface area contributed by atoms with Gasteiger partial charge in [0.25, 0.3) is 5.56 Å². The van der Waals surface area contributed by atoms with Gasteiger partial charge in [-0.05, 0) is 12.2 Å². The van der Waals surface area contributed by atoms with E-state index in [9.17, 15) is 4.79 Å². The zero-order valence-electron chi connectivity index (χ0n) is 11.7. The van der Waals surface area contributed by atoms with E-state index in [-0.39, 0.29) is 5.56 Å². The molecule has 0 aliphatic carbocycles. The summed E-state index contributed by atoms with van der Waals surface area (Å²) >= 11 is 6.69. The second kappa shape index (κ2) is 6.30. The van der Waals surface area contributed by atoms with Crippen molar-refractivity contribution in [1.29, 1.82) is 0 Å². The first-order valence-electron chi connectivity index (χ1n) is 6.77. The lowest BCUT2D eigenvalue weighted by Crippen LogP contribution is -2.37. The van der Waals surface area contributed by atoms with Gasteiger partial charge in [0.15, 0.2) is 15.6 Å². The van der Waals surface area contributed by atoms with Crippen molar-refractivity contribution in [3.05, 3.63) is 15.1 Å². The maximum atomic E-state index is 12.1. The average Bonchev–Trinajstić information content (AvgIpc) is 2.89. The summed E-state index contributed by atoms with van der Waals surface area (Å²) in [6.07, 6.45) is 0. The monoisotopic (exact) mass is 327 g/mol. The Labute approximate surface area is 130 Å². The third-order valence-electron chi connectivity index (χ3n) is 3.48. The standard InChI is InChI=1S/C12H17N5O2S2/c1-16-10(18)8-9(15-12(16)20)14-11(13-8)21-7-4-17-2-5-19-6-3-17/h2-7H2,1H3,(H,13,14)(H,15,20). The summed E-state index contributed by atoms with van der Waals surface area (Å²) in [6, 6.07) is 0. The molecule has 114 valence electrons. The Morgan fingerprint density at radius 1 is 1.38 bits per heavy atom. The lowest BCUT2D eigenvalue weighted by Gasteiger charge is -2.26. The van der Waals surface area contributed by atoms with Gasteiger partial charge in [-0.1, -0.05) is 11.8 Å². The van der Waals surface area contributed by atoms with E-state index in [4.69, 9.17) is 17.0 Å². The molecule has 0 atom stereocenters. The lowest BCUT2D eigenvalue weighted by molar-refractivity contribution is 0.0410. The van der Waals surface area contributed by atoms with E-state index in [0.717, 1.165) is 43.8 Å². The molecule has 1 aliphatic rings. The van der Waals surface area contributed by atoms with E-state index in [0.29, 0.717) is 15.9 Å².